The van der Waals surface area contributed by atoms with Crippen LogP contribution in [-0.4, -0.2) is 38.0 Å². The molecule has 0 aliphatic rings. The zero-order chi connectivity index (χ0) is 19.5. The SMILES string of the molecule is COc1ccc2[nH]c(CCCSc3nnc(-c4cc(C)cc(C)c4)o3)nc2n1. The second-order valence-corrected chi connectivity index (χ2v) is 7.66. The van der Waals surface area contributed by atoms with Gasteiger partial charge < -0.3 is 14.1 Å². The number of imidazole rings is 1. The molecule has 1 aromatic carbocycles. The van der Waals surface area contributed by atoms with Crippen LogP contribution in [0.1, 0.15) is 23.4 Å². The van der Waals surface area contributed by atoms with Crippen LogP contribution in [0.15, 0.2) is 40.0 Å². The maximum absolute atomic E-state index is 5.80. The van der Waals surface area contributed by atoms with Crippen LogP contribution in [-0.2, 0) is 6.42 Å². The Labute approximate surface area is 167 Å². The number of aromatic amines is 1. The van der Waals surface area contributed by atoms with Gasteiger partial charge in [0.25, 0.3) is 5.22 Å². The van der Waals surface area contributed by atoms with Gasteiger partial charge in [-0.3, -0.25) is 0 Å². The van der Waals surface area contributed by atoms with Gasteiger partial charge in [-0.25, -0.2) is 4.98 Å². The third-order valence-electron chi connectivity index (χ3n) is 4.24. The first kappa shape index (κ1) is 18.5. The van der Waals surface area contributed by atoms with Gasteiger partial charge in [-0.05, 0) is 38.5 Å². The fourth-order valence-corrected chi connectivity index (χ4v) is 3.74. The number of nitrogens with zero attached hydrogens (tertiary/aromatic N) is 4. The first-order valence-corrected chi connectivity index (χ1v) is 10.0. The number of hydrogen-bond donors (Lipinski definition) is 1. The summed E-state index contributed by atoms with van der Waals surface area (Å²) in [6.07, 6.45) is 1.76. The summed E-state index contributed by atoms with van der Waals surface area (Å²) in [6, 6.07) is 9.99. The van der Waals surface area contributed by atoms with E-state index in [1.165, 1.54) is 11.1 Å². The molecule has 8 heteroatoms. The van der Waals surface area contributed by atoms with Crippen LogP contribution in [0.3, 0.4) is 0 Å². The van der Waals surface area contributed by atoms with Crippen LogP contribution in [0.25, 0.3) is 22.6 Å². The molecule has 0 fully saturated rings. The van der Waals surface area contributed by atoms with Gasteiger partial charge in [0.15, 0.2) is 5.65 Å². The minimum absolute atomic E-state index is 0.562. The highest BCUT2D eigenvalue weighted by atomic mass is 32.2. The molecule has 4 rings (SSSR count). The summed E-state index contributed by atoms with van der Waals surface area (Å²) in [5.41, 5.74) is 4.91. The Hall–Kier alpha value is -2.87. The molecule has 0 saturated heterocycles. The van der Waals surface area contributed by atoms with E-state index >= 15 is 0 Å². The summed E-state index contributed by atoms with van der Waals surface area (Å²) < 4.78 is 10.9. The maximum atomic E-state index is 5.80. The second-order valence-electron chi connectivity index (χ2n) is 6.61. The number of benzene rings is 1. The second kappa shape index (κ2) is 8.02. The van der Waals surface area contributed by atoms with Gasteiger partial charge in [0, 0.05) is 23.8 Å². The lowest BCUT2D eigenvalue weighted by molar-refractivity contribution is 0.399. The zero-order valence-electron chi connectivity index (χ0n) is 16.0. The Balaban J connectivity index is 1.33. The van der Waals surface area contributed by atoms with Crippen molar-refractivity contribution in [2.75, 3.05) is 12.9 Å². The maximum Gasteiger partial charge on any atom is 0.276 e. The monoisotopic (exact) mass is 395 g/mol. The molecule has 0 unspecified atom stereocenters. The topological polar surface area (TPSA) is 89.7 Å². The number of fused-ring (bicyclic) bond motifs is 1. The minimum atomic E-state index is 0.562. The summed E-state index contributed by atoms with van der Waals surface area (Å²) >= 11 is 1.56. The number of nitrogens with one attached hydrogen (secondary N) is 1. The Kier molecular flexibility index (Phi) is 5.29. The number of aryl methyl sites for hydroxylation is 3. The van der Waals surface area contributed by atoms with Crippen molar-refractivity contribution < 1.29 is 9.15 Å². The molecule has 0 radical (unpaired) electrons. The van der Waals surface area contributed by atoms with Crippen molar-refractivity contribution in [3.05, 3.63) is 47.3 Å². The first-order chi connectivity index (χ1) is 13.6. The minimum Gasteiger partial charge on any atom is -0.481 e. The van der Waals surface area contributed by atoms with Crippen LogP contribution in [0.4, 0.5) is 0 Å². The van der Waals surface area contributed by atoms with Gasteiger partial charge in [-0.15, -0.1) is 10.2 Å². The number of thioether (sulfide) groups is 1. The van der Waals surface area contributed by atoms with E-state index in [0.717, 1.165) is 35.5 Å². The smallest absolute Gasteiger partial charge is 0.276 e. The summed E-state index contributed by atoms with van der Waals surface area (Å²) in [7, 11) is 1.60. The number of ether oxygens (including phenoxy) is 1. The Morgan fingerprint density at radius 1 is 1.07 bits per heavy atom. The number of methoxy groups -OCH3 is 1. The quantitative estimate of drug-likeness (QED) is 0.367. The zero-order valence-corrected chi connectivity index (χ0v) is 16.8. The van der Waals surface area contributed by atoms with Crippen molar-refractivity contribution in [3.63, 3.8) is 0 Å². The molecular formula is C20H21N5O2S. The van der Waals surface area contributed by atoms with Crippen LogP contribution in [0, 0.1) is 13.8 Å². The van der Waals surface area contributed by atoms with Crippen LogP contribution in [0.5, 0.6) is 5.88 Å². The Morgan fingerprint density at radius 2 is 1.89 bits per heavy atom. The first-order valence-electron chi connectivity index (χ1n) is 9.05. The highest BCUT2D eigenvalue weighted by molar-refractivity contribution is 7.99. The molecular weight excluding hydrogens is 374 g/mol. The summed E-state index contributed by atoms with van der Waals surface area (Å²) in [5, 5.41) is 8.91. The van der Waals surface area contributed by atoms with Crippen molar-refractivity contribution >= 4 is 22.9 Å². The molecule has 3 heterocycles. The van der Waals surface area contributed by atoms with E-state index in [9.17, 15) is 0 Å². The third-order valence-corrected chi connectivity index (χ3v) is 5.14. The molecule has 144 valence electrons. The molecule has 0 spiro atoms. The molecule has 0 saturated carbocycles. The summed E-state index contributed by atoms with van der Waals surface area (Å²) in [4.78, 5) is 12.1. The molecule has 3 aromatic heterocycles. The molecule has 4 aromatic rings. The largest absolute Gasteiger partial charge is 0.481 e. The predicted octanol–water partition coefficient (Wildman–Crippen LogP) is 4.36. The molecule has 0 atom stereocenters. The lowest BCUT2D eigenvalue weighted by Gasteiger charge is -2.00. The van der Waals surface area contributed by atoms with Gasteiger partial charge in [0.2, 0.25) is 11.8 Å². The van der Waals surface area contributed by atoms with Crippen LogP contribution in [0.2, 0.25) is 0 Å². The predicted molar refractivity (Wildman–Crippen MR) is 109 cm³/mol. The van der Waals surface area contributed by atoms with Gasteiger partial charge in [-0.1, -0.05) is 29.0 Å². The molecule has 0 aliphatic carbocycles. The average Bonchev–Trinajstić information content (AvgIpc) is 3.30. The Bertz CT molecular complexity index is 1080. The molecule has 28 heavy (non-hydrogen) atoms. The fourth-order valence-electron chi connectivity index (χ4n) is 3.04. The Morgan fingerprint density at radius 3 is 2.68 bits per heavy atom. The number of H-pyrrole nitrogens is 1. The van der Waals surface area contributed by atoms with E-state index in [1.54, 1.807) is 18.9 Å². The van der Waals surface area contributed by atoms with Crippen molar-refractivity contribution in [3.8, 4) is 17.3 Å². The standard InChI is InChI=1S/C20H21N5O2S/c1-12-9-13(2)11-14(10-12)19-24-25-20(27-19)28-8-4-5-16-21-15-6-7-17(26-3)23-18(15)22-16/h6-7,9-11H,4-5,8H2,1-3H3,(H,21,22,23). The van der Waals surface area contributed by atoms with Crippen LogP contribution >= 0.6 is 11.8 Å². The van der Waals surface area contributed by atoms with E-state index in [-0.39, 0.29) is 0 Å². The van der Waals surface area contributed by atoms with Gasteiger partial charge in [-0.2, -0.15) is 4.98 Å². The third kappa shape index (κ3) is 4.17. The lowest BCUT2D eigenvalue weighted by atomic mass is 10.1. The summed E-state index contributed by atoms with van der Waals surface area (Å²) in [5.74, 6) is 2.91. The van der Waals surface area contributed by atoms with Crippen LogP contribution < -0.4 is 4.74 Å². The molecule has 0 bridgehead atoms. The lowest BCUT2D eigenvalue weighted by Crippen LogP contribution is -1.90. The number of pyridine rings is 1. The molecule has 0 aliphatic heterocycles. The van der Waals surface area contributed by atoms with Crippen molar-refractivity contribution in [2.24, 2.45) is 0 Å². The number of aromatic nitrogens is 5. The van der Waals surface area contributed by atoms with E-state index in [0.29, 0.717) is 22.6 Å². The van der Waals surface area contributed by atoms with Crippen molar-refractivity contribution in [2.45, 2.75) is 31.9 Å². The van der Waals surface area contributed by atoms with Gasteiger partial charge >= 0.3 is 0 Å². The van der Waals surface area contributed by atoms with Crippen molar-refractivity contribution in [1.29, 1.82) is 0 Å². The normalized spacial score (nSPS) is 11.2. The molecule has 1 N–H and O–H groups in total. The van der Waals surface area contributed by atoms with E-state index < -0.39 is 0 Å². The summed E-state index contributed by atoms with van der Waals surface area (Å²) in [6.45, 7) is 4.12. The fraction of sp³-hybridized carbons (Fsp3) is 0.300. The number of rotatable bonds is 7. The van der Waals surface area contributed by atoms with E-state index in [4.69, 9.17) is 9.15 Å². The highest BCUT2D eigenvalue weighted by Crippen LogP contribution is 2.25. The average molecular weight is 395 g/mol. The van der Waals surface area contributed by atoms with E-state index in [1.807, 2.05) is 12.1 Å². The van der Waals surface area contributed by atoms with Gasteiger partial charge in [0.1, 0.15) is 5.82 Å². The number of hydrogen-bond acceptors (Lipinski definition) is 7. The van der Waals surface area contributed by atoms with Gasteiger partial charge in [0.05, 0.1) is 12.6 Å². The highest BCUT2D eigenvalue weighted by Gasteiger charge is 2.10. The van der Waals surface area contributed by atoms with Crippen molar-refractivity contribution in [1.82, 2.24) is 25.1 Å². The molecule has 7 nitrogen and oxygen atoms in total. The molecule has 0 amide bonds. The van der Waals surface area contributed by atoms with E-state index in [2.05, 4.69) is 57.2 Å².